The van der Waals surface area contributed by atoms with Crippen molar-refractivity contribution in [3.8, 4) is 21.6 Å². The van der Waals surface area contributed by atoms with Gasteiger partial charge >= 0.3 is 0 Å². The Balaban J connectivity index is 0.678. The van der Waals surface area contributed by atoms with Gasteiger partial charge in [-0.15, -0.1) is 11.3 Å². The summed E-state index contributed by atoms with van der Waals surface area (Å²) >= 11 is -1.13. The number of anilines is 2. The monoisotopic (exact) mass is 1130 g/mol. The summed E-state index contributed by atoms with van der Waals surface area (Å²) in [6.07, 6.45) is 3.26. The number of rotatable bonds is 17. The molecule has 3 aromatic carbocycles. The van der Waals surface area contributed by atoms with E-state index in [1.54, 1.807) is 17.5 Å². The molecule has 0 radical (unpaired) electrons. The number of hydrazine groups is 1. The number of piperazine rings is 1. The van der Waals surface area contributed by atoms with Crippen LogP contribution in [0.3, 0.4) is 0 Å². The van der Waals surface area contributed by atoms with Crippen LogP contribution < -0.4 is 19.9 Å². The Labute approximate surface area is 470 Å². The summed E-state index contributed by atoms with van der Waals surface area (Å²) < 4.78 is 53.3. The molecule has 18 nitrogen and oxygen atoms in total. The maximum atomic E-state index is 16.1. The van der Waals surface area contributed by atoms with Gasteiger partial charge in [-0.1, -0.05) is 63.2 Å². The van der Waals surface area contributed by atoms with Crippen molar-refractivity contribution in [2.24, 2.45) is 11.3 Å². The van der Waals surface area contributed by atoms with Crippen LogP contribution in [-0.2, 0) is 32.2 Å². The van der Waals surface area contributed by atoms with Gasteiger partial charge in [-0.05, 0) is 97.6 Å². The molecule has 3 amide bonds. The molecule has 0 spiro atoms. The number of thiazole rings is 1. The number of H-pyrrole nitrogens is 1. The number of pyridine rings is 1. The predicted octanol–water partition coefficient (Wildman–Crippen LogP) is 6.58. The Morgan fingerprint density at radius 1 is 0.887 bits per heavy atom. The van der Waals surface area contributed by atoms with E-state index in [9.17, 15) is 37.4 Å². The molecule has 6 aromatic rings. The van der Waals surface area contributed by atoms with Gasteiger partial charge in [0, 0.05) is 93.4 Å². The number of benzene rings is 3. The van der Waals surface area contributed by atoms with Crippen molar-refractivity contribution in [1.82, 2.24) is 45.3 Å². The van der Waals surface area contributed by atoms with Gasteiger partial charge in [0.05, 0.1) is 40.8 Å². The molecule has 4 saturated heterocycles. The Bertz CT molecular complexity index is 3230. The van der Waals surface area contributed by atoms with E-state index in [1.165, 1.54) is 34.3 Å². The van der Waals surface area contributed by atoms with Crippen LogP contribution in [0.15, 0.2) is 90.7 Å². The lowest BCUT2D eigenvalue weighted by Gasteiger charge is -2.40. The number of piperidine rings is 1. The van der Waals surface area contributed by atoms with Crippen LogP contribution >= 0.6 is 11.3 Å². The number of hydrogen-bond donors (Lipinski definition) is 5. The smallest absolute Gasteiger partial charge is 0.277 e. The third-order valence-corrected chi connectivity index (χ3v) is 17.7. The first-order chi connectivity index (χ1) is 38.4. The molecule has 4 aliphatic rings. The summed E-state index contributed by atoms with van der Waals surface area (Å²) in [5.74, 6) is -2.12. The standard InChI is InChI=1S/C58H69F2N11O7S2/c1-36-53(79-35-64-36)40-10-8-37(9-11-40)28-63-56(75)49-27-44(72)33-70(49)57(76)54(58(2,3)4)65-50(73)34-66-19-16-38(17-20-66)31-67-22-24-68(25-23-67)43-14-12-39(13-15-43)41-26-46-47(30-62-55(46)61-29-41)52(74)45-6-5-7-48(51(45)60)71(80(77)78)69-21-18-42(59)32-69/h5-15,26,29-30,35,38,42,44,49,54,72H,16-25,27-28,31-34H2,1-4H3,(H,61,62)(H,63,75)(H,65,73)(H,77,78)/t42-,44-,49+,54-/m1/s1. The average molecular weight is 1130 g/mol. The van der Waals surface area contributed by atoms with E-state index in [1.807, 2.05) is 75.7 Å². The minimum atomic E-state index is -2.70. The summed E-state index contributed by atoms with van der Waals surface area (Å²) in [5, 5.41) is 18.5. The minimum Gasteiger partial charge on any atom is -0.391 e. The lowest BCUT2D eigenvalue weighted by molar-refractivity contribution is -0.144. The van der Waals surface area contributed by atoms with Crippen LogP contribution in [0.5, 0.6) is 0 Å². The molecule has 0 bridgehead atoms. The molecule has 4 aliphatic heterocycles. The number of carbonyl (C=O) groups is 4. The summed E-state index contributed by atoms with van der Waals surface area (Å²) in [7, 11) is 0. The second-order valence-electron chi connectivity index (χ2n) is 22.6. The van der Waals surface area contributed by atoms with Gasteiger partial charge in [-0.3, -0.25) is 33.5 Å². The van der Waals surface area contributed by atoms with Crippen LogP contribution in [0.1, 0.15) is 73.6 Å². The molecule has 4 fully saturated rings. The number of aryl methyl sites for hydroxylation is 1. The van der Waals surface area contributed by atoms with Gasteiger partial charge in [0.2, 0.25) is 17.7 Å². The SMILES string of the molecule is Cc1ncsc1-c1ccc(CNC(=O)[C@@H]2C[C@@H](O)CN2C(=O)[C@@H](NC(=O)CN2CCC(CN3CCN(c4ccc(-c5cnc6[nH]cc(C(=O)c7cccc(N(N8CC[C@@H](F)C8)S(=O)O)c7F)c6c5)cc4)CC3)CC2)C(C)(C)C)cc1. The van der Waals surface area contributed by atoms with Crippen LogP contribution in [-0.4, -0.2) is 168 Å². The highest BCUT2D eigenvalue weighted by molar-refractivity contribution is 7.80. The molecule has 424 valence electrons. The Hall–Kier alpha value is -6.53. The zero-order chi connectivity index (χ0) is 56.4. The van der Waals surface area contributed by atoms with Crippen LogP contribution in [0.25, 0.3) is 32.6 Å². The first-order valence-electron chi connectivity index (χ1n) is 27.3. The number of carbonyl (C=O) groups excluding carboxylic acids is 4. The third kappa shape index (κ3) is 12.7. The third-order valence-electron chi connectivity index (χ3n) is 16.0. The molecule has 5 N–H and O–H groups in total. The van der Waals surface area contributed by atoms with Gasteiger partial charge in [0.25, 0.3) is 11.3 Å². The molecular weight excluding hydrogens is 1060 g/mol. The number of fused-ring (bicyclic) bond motifs is 1. The highest BCUT2D eigenvalue weighted by Gasteiger charge is 2.45. The Morgan fingerprint density at radius 2 is 1.61 bits per heavy atom. The fourth-order valence-corrected chi connectivity index (χ4v) is 12.9. The molecule has 5 atom stereocenters. The molecule has 0 aliphatic carbocycles. The maximum absolute atomic E-state index is 16.1. The summed E-state index contributed by atoms with van der Waals surface area (Å²) in [6.45, 7) is 14.1. The lowest BCUT2D eigenvalue weighted by atomic mass is 9.85. The zero-order valence-electron chi connectivity index (χ0n) is 45.4. The number of aromatic nitrogens is 3. The van der Waals surface area contributed by atoms with E-state index in [4.69, 9.17) is 0 Å². The molecule has 7 heterocycles. The fourth-order valence-electron chi connectivity index (χ4n) is 11.5. The maximum Gasteiger partial charge on any atom is 0.277 e. The van der Waals surface area contributed by atoms with Crippen molar-refractivity contribution in [2.45, 2.75) is 84.3 Å². The summed E-state index contributed by atoms with van der Waals surface area (Å²) in [5.41, 5.74) is 6.84. The van der Waals surface area contributed by atoms with Gasteiger partial charge in [-0.25, -0.2) is 28.0 Å². The van der Waals surface area contributed by atoms with Crippen molar-refractivity contribution in [2.75, 3.05) is 81.3 Å². The van der Waals surface area contributed by atoms with Gasteiger partial charge in [0.1, 0.15) is 29.6 Å². The number of likely N-dealkylation sites (tertiary alicyclic amines) is 2. The number of alkyl halides is 1. The van der Waals surface area contributed by atoms with Crippen LogP contribution in [0.2, 0.25) is 0 Å². The van der Waals surface area contributed by atoms with Crippen molar-refractivity contribution < 1.29 is 41.8 Å². The number of halogens is 2. The zero-order valence-corrected chi connectivity index (χ0v) is 47.1. The van der Waals surface area contributed by atoms with E-state index >= 15 is 4.39 Å². The molecule has 80 heavy (non-hydrogen) atoms. The number of β-amino-alcohol motifs (C(OH)–C–C–N with tert-alkyl or cyclic N) is 1. The average Bonchev–Trinajstić information content (AvgIpc) is 4.30. The van der Waals surface area contributed by atoms with E-state index in [0.29, 0.717) is 17.0 Å². The number of amides is 3. The fraction of sp³-hybridized carbons (Fsp3) is 0.448. The van der Waals surface area contributed by atoms with E-state index in [-0.39, 0.29) is 80.1 Å². The molecule has 0 saturated carbocycles. The van der Waals surface area contributed by atoms with E-state index in [2.05, 4.69) is 52.4 Å². The first-order valence-corrected chi connectivity index (χ1v) is 29.3. The second kappa shape index (κ2) is 24.3. The number of aromatic amines is 1. The first kappa shape index (κ1) is 56.7. The van der Waals surface area contributed by atoms with Crippen LogP contribution in [0, 0.1) is 24.1 Å². The van der Waals surface area contributed by atoms with Gasteiger partial charge in [-0.2, -0.15) is 4.41 Å². The molecular formula is C58H69F2N11O7S2. The Kier molecular flexibility index (Phi) is 17.2. The Morgan fingerprint density at radius 3 is 2.27 bits per heavy atom. The van der Waals surface area contributed by atoms with Gasteiger partial charge < -0.3 is 30.5 Å². The summed E-state index contributed by atoms with van der Waals surface area (Å²) in [4.78, 5) is 76.9. The van der Waals surface area contributed by atoms with Crippen molar-refractivity contribution in [1.29, 1.82) is 0 Å². The van der Waals surface area contributed by atoms with E-state index in [0.717, 1.165) is 102 Å². The number of hydrogen-bond acceptors (Lipinski definition) is 13. The summed E-state index contributed by atoms with van der Waals surface area (Å²) in [6, 6.07) is 20.2. The number of aliphatic hydroxyl groups excluding tert-OH is 1. The highest BCUT2D eigenvalue weighted by Crippen LogP contribution is 2.34. The van der Waals surface area contributed by atoms with Crippen molar-refractivity contribution in [3.63, 3.8) is 0 Å². The molecule has 1 unspecified atom stereocenters. The molecule has 22 heteroatoms. The minimum absolute atomic E-state index is 0.00857. The van der Waals surface area contributed by atoms with E-state index < -0.39 is 52.6 Å². The lowest BCUT2D eigenvalue weighted by Crippen LogP contribution is -2.59. The number of aliphatic hydroxyl groups is 1. The second-order valence-corrected chi connectivity index (χ2v) is 24.3. The number of ketones is 1. The van der Waals surface area contributed by atoms with Gasteiger partial charge in [0.15, 0.2) is 11.6 Å². The number of nitrogens with zero attached hydrogens (tertiary/aromatic N) is 8. The highest BCUT2D eigenvalue weighted by atomic mass is 32.2. The van der Waals surface area contributed by atoms with Crippen LogP contribution in [0.4, 0.5) is 20.2 Å². The largest absolute Gasteiger partial charge is 0.391 e. The normalized spacial score (nSPS) is 20.5. The van der Waals surface area contributed by atoms with Crippen molar-refractivity contribution in [3.05, 3.63) is 119 Å². The molecule has 3 aromatic heterocycles. The van der Waals surface area contributed by atoms with Crippen molar-refractivity contribution >= 4 is 68.5 Å². The quantitative estimate of drug-likeness (QED) is 0.0484. The molecule has 10 rings (SSSR count). The number of nitrogens with one attached hydrogen (secondary N) is 3. The predicted molar refractivity (Wildman–Crippen MR) is 305 cm³/mol. The topological polar surface area (TPSA) is 211 Å².